The molecule has 0 bridgehead atoms. The smallest absolute Gasteiger partial charge is 0.0661 e. The predicted molar refractivity (Wildman–Crippen MR) is 50.6 cm³/mol. The number of aromatic nitrogens is 1. The van der Waals surface area contributed by atoms with Gasteiger partial charge in [-0.15, -0.1) is 0 Å². The Morgan fingerprint density at radius 1 is 1.50 bits per heavy atom. The van der Waals surface area contributed by atoms with Gasteiger partial charge < -0.3 is 0 Å². The lowest BCUT2D eigenvalue weighted by Gasteiger charge is -2.02. The Bertz CT molecular complexity index is 283. The molecule has 1 aromatic rings. The van der Waals surface area contributed by atoms with Gasteiger partial charge >= 0.3 is 0 Å². The molecule has 0 saturated heterocycles. The molecule has 2 rings (SSSR count). The molecule has 1 saturated carbocycles. The van der Waals surface area contributed by atoms with Gasteiger partial charge in [0, 0.05) is 6.20 Å². The second kappa shape index (κ2) is 3.10. The minimum absolute atomic E-state index is 0.796. The Balaban J connectivity index is 2.28. The number of allylic oxidation sites excluding steroid dienone is 2. The molecule has 0 atom stereocenters. The van der Waals surface area contributed by atoms with Crippen molar-refractivity contribution in [1.29, 1.82) is 0 Å². The van der Waals surface area contributed by atoms with Gasteiger partial charge in [0.2, 0.25) is 0 Å². The molecule has 0 N–H and O–H groups in total. The van der Waals surface area contributed by atoms with Crippen molar-refractivity contribution in [2.45, 2.75) is 19.8 Å². The lowest BCUT2D eigenvalue weighted by molar-refractivity contribution is 1.10. The molecule has 0 spiro atoms. The molecular weight excluding hydrogens is 146 g/mol. The van der Waals surface area contributed by atoms with E-state index in [-0.39, 0.29) is 0 Å². The van der Waals surface area contributed by atoms with E-state index in [1.807, 2.05) is 18.3 Å². The van der Waals surface area contributed by atoms with Crippen LogP contribution in [0.15, 0.2) is 30.5 Å². The molecule has 0 unspecified atom stereocenters. The number of pyridine rings is 1. The average molecular weight is 159 g/mol. The van der Waals surface area contributed by atoms with Crippen molar-refractivity contribution in [3.63, 3.8) is 0 Å². The Labute approximate surface area is 73.1 Å². The Morgan fingerprint density at radius 3 is 2.83 bits per heavy atom. The van der Waals surface area contributed by atoms with Gasteiger partial charge in [-0.05, 0) is 43.4 Å². The van der Waals surface area contributed by atoms with Crippen LogP contribution in [0, 0.1) is 5.92 Å². The third-order valence-electron chi connectivity index (χ3n) is 2.29. The Kier molecular flexibility index (Phi) is 1.94. The normalized spacial score (nSPS) is 17.9. The molecule has 1 aromatic heterocycles. The molecule has 0 aromatic carbocycles. The van der Waals surface area contributed by atoms with Gasteiger partial charge in [-0.25, -0.2) is 0 Å². The lowest BCUT2D eigenvalue weighted by Crippen LogP contribution is -1.89. The predicted octanol–water partition coefficient (Wildman–Crippen LogP) is 2.89. The van der Waals surface area contributed by atoms with E-state index in [1.165, 1.54) is 18.4 Å². The van der Waals surface area contributed by atoms with Crippen molar-refractivity contribution < 1.29 is 0 Å². The zero-order valence-electron chi connectivity index (χ0n) is 7.33. The molecule has 1 fully saturated rings. The molecule has 0 aliphatic heterocycles. The quantitative estimate of drug-likeness (QED) is 0.646. The fraction of sp³-hybridized carbons (Fsp3) is 0.364. The maximum Gasteiger partial charge on any atom is 0.0661 e. The summed E-state index contributed by atoms with van der Waals surface area (Å²) in [6.45, 7) is 2.10. The summed E-state index contributed by atoms with van der Waals surface area (Å²) >= 11 is 0. The summed E-state index contributed by atoms with van der Waals surface area (Å²) in [6.07, 6.45) is 6.74. The highest BCUT2D eigenvalue weighted by Crippen LogP contribution is 2.40. The fourth-order valence-corrected chi connectivity index (χ4v) is 1.52. The van der Waals surface area contributed by atoms with Gasteiger partial charge in [-0.3, -0.25) is 4.98 Å². The van der Waals surface area contributed by atoms with E-state index < -0.39 is 0 Å². The van der Waals surface area contributed by atoms with Crippen molar-refractivity contribution in [3.05, 3.63) is 36.2 Å². The highest BCUT2D eigenvalue weighted by Gasteiger charge is 2.26. The van der Waals surface area contributed by atoms with Crippen molar-refractivity contribution in [2.24, 2.45) is 5.92 Å². The highest BCUT2D eigenvalue weighted by atomic mass is 14.7. The summed E-state index contributed by atoms with van der Waals surface area (Å²) in [5.41, 5.74) is 2.58. The molecule has 0 amide bonds. The number of nitrogens with zero attached hydrogens (tertiary/aromatic N) is 1. The van der Waals surface area contributed by atoms with Crippen molar-refractivity contribution in [1.82, 2.24) is 4.98 Å². The molecule has 1 aliphatic rings. The molecule has 1 heteroatoms. The summed E-state index contributed by atoms with van der Waals surface area (Å²) in [5.74, 6) is 0.796. The first-order valence-corrected chi connectivity index (χ1v) is 4.49. The summed E-state index contributed by atoms with van der Waals surface area (Å²) < 4.78 is 0. The maximum absolute atomic E-state index is 4.34. The second-order valence-electron chi connectivity index (χ2n) is 3.23. The van der Waals surface area contributed by atoms with Crippen LogP contribution in [0.4, 0.5) is 0 Å². The first-order chi connectivity index (χ1) is 5.92. The standard InChI is InChI=1S/C11H13N/c1-2-10(9-6-7-9)11-5-3-4-8-12-11/h2-5,8-9H,6-7H2,1H3/b10-2+. The Hall–Kier alpha value is -1.11. The van der Waals surface area contributed by atoms with Crippen LogP contribution in [0.2, 0.25) is 0 Å². The molecule has 62 valence electrons. The van der Waals surface area contributed by atoms with Gasteiger partial charge in [-0.2, -0.15) is 0 Å². The third-order valence-corrected chi connectivity index (χ3v) is 2.29. The third kappa shape index (κ3) is 1.40. The first kappa shape index (κ1) is 7.53. The van der Waals surface area contributed by atoms with Crippen molar-refractivity contribution in [2.75, 3.05) is 0 Å². The summed E-state index contributed by atoms with van der Waals surface area (Å²) in [5, 5.41) is 0. The van der Waals surface area contributed by atoms with E-state index in [2.05, 4.69) is 24.1 Å². The molecule has 1 aliphatic carbocycles. The van der Waals surface area contributed by atoms with E-state index in [9.17, 15) is 0 Å². The highest BCUT2D eigenvalue weighted by molar-refractivity contribution is 5.65. The minimum Gasteiger partial charge on any atom is -0.257 e. The number of rotatable bonds is 2. The zero-order valence-corrected chi connectivity index (χ0v) is 7.33. The molecular formula is C11H13N. The SMILES string of the molecule is C/C=C(/c1ccccn1)C1CC1. The molecule has 12 heavy (non-hydrogen) atoms. The van der Waals surface area contributed by atoms with E-state index in [1.54, 1.807) is 0 Å². The summed E-state index contributed by atoms with van der Waals surface area (Å²) in [4.78, 5) is 4.34. The van der Waals surface area contributed by atoms with Crippen LogP contribution < -0.4 is 0 Å². The molecule has 1 nitrogen and oxygen atoms in total. The van der Waals surface area contributed by atoms with Gasteiger partial charge in [0.05, 0.1) is 5.69 Å². The zero-order chi connectivity index (χ0) is 8.39. The Morgan fingerprint density at radius 2 is 2.33 bits per heavy atom. The molecule has 1 heterocycles. The van der Waals surface area contributed by atoms with Crippen LogP contribution in [0.1, 0.15) is 25.5 Å². The average Bonchev–Trinajstić information content (AvgIpc) is 2.92. The fourth-order valence-electron chi connectivity index (χ4n) is 1.52. The van der Waals surface area contributed by atoms with Crippen molar-refractivity contribution >= 4 is 5.57 Å². The maximum atomic E-state index is 4.34. The van der Waals surface area contributed by atoms with E-state index >= 15 is 0 Å². The number of hydrogen-bond donors (Lipinski definition) is 0. The summed E-state index contributed by atoms with van der Waals surface area (Å²) in [7, 11) is 0. The van der Waals surface area contributed by atoms with Crippen LogP contribution in [-0.2, 0) is 0 Å². The van der Waals surface area contributed by atoms with Crippen LogP contribution in [-0.4, -0.2) is 4.98 Å². The summed E-state index contributed by atoms with van der Waals surface area (Å²) in [6, 6.07) is 6.10. The van der Waals surface area contributed by atoms with E-state index in [4.69, 9.17) is 0 Å². The largest absolute Gasteiger partial charge is 0.257 e. The van der Waals surface area contributed by atoms with Gasteiger partial charge in [0.15, 0.2) is 0 Å². The first-order valence-electron chi connectivity index (χ1n) is 4.49. The second-order valence-corrected chi connectivity index (χ2v) is 3.23. The van der Waals surface area contributed by atoms with Gasteiger partial charge in [0.25, 0.3) is 0 Å². The number of hydrogen-bond acceptors (Lipinski definition) is 1. The van der Waals surface area contributed by atoms with E-state index in [0.29, 0.717) is 0 Å². The van der Waals surface area contributed by atoms with Crippen LogP contribution >= 0.6 is 0 Å². The monoisotopic (exact) mass is 159 g/mol. The van der Waals surface area contributed by atoms with E-state index in [0.717, 1.165) is 11.6 Å². The van der Waals surface area contributed by atoms with Gasteiger partial charge in [-0.1, -0.05) is 12.1 Å². The van der Waals surface area contributed by atoms with Crippen LogP contribution in [0.3, 0.4) is 0 Å². The van der Waals surface area contributed by atoms with Crippen LogP contribution in [0.5, 0.6) is 0 Å². The van der Waals surface area contributed by atoms with Crippen molar-refractivity contribution in [3.8, 4) is 0 Å². The topological polar surface area (TPSA) is 12.9 Å². The van der Waals surface area contributed by atoms with Gasteiger partial charge in [0.1, 0.15) is 0 Å². The minimum atomic E-state index is 0.796. The molecule has 0 radical (unpaired) electrons. The lowest BCUT2D eigenvalue weighted by atomic mass is 10.1. The van der Waals surface area contributed by atoms with Crippen LogP contribution in [0.25, 0.3) is 5.57 Å².